The summed E-state index contributed by atoms with van der Waals surface area (Å²) in [6.45, 7) is 0.842. The van der Waals surface area contributed by atoms with Crippen LogP contribution in [-0.2, 0) is 4.74 Å². The molecule has 1 fully saturated rings. The Hall–Kier alpha value is -1.07. The minimum atomic E-state index is 0.187. The van der Waals surface area contributed by atoms with Crippen molar-refractivity contribution >= 4 is 23.2 Å². The summed E-state index contributed by atoms with van der Waals surface area (Å²) in [6.07, 6.45) is 2.94. The van der Waals surface area contributed by atoms with E-state index in [9.17, 15) is 0 Å². The molecule has 1 aliphatic heterocycles. The number of halogens is 2. The summed E-state index contributed by atoms with van der Waals surface area (Å²) in [4.78, 5) is 7.75. The molecule has 0 aliphatic carbocycles. The van der Waals surface area contributed by atoms with Gasteiger partial charge in [0.15, 0.2) is 0 Å². The van der Waals surface area contributed by atoms with E-state index >= 15 is 0 Å². The Labute approximate surface area is 127 Å². The first kappa shape index (κ1) is 13.9. The van der Waals surface area contributed by atoms with Gasteiger partial charge in [-0.3, -0.25) is 0 Å². The number of hydrogen-bond donors (Lipinski definition) is 2. The van der Waals surface area contributed by atoms with Crippen molar-refractivity contribution in [3.63, 3.8) is 0 Å². The lowest BCUT2D eigenvalue weighted by Crippen LogP contribution is -2.16. The molecule has 2 heterocycles. The molecular formula is C14H15Cl2N3O. The van der Waals surface area contributed by atoms with Gasteiger partial charge in [0.1, 0.15) is 5.82 Å². The fourth-order valence-electron chi connectivity index (χ4n) is 2.45. The van der Waals surface area contributed by atoms with Gasteiger partial charge < -0.3 is 15.0 Å². The van der Waals surface area contributed by atoms with E-state index in [-0.39, 0.29) is 12.1 Å². The van der Waals surface area contributed by atoms with Crippen molar-refractivity contribution < 1.29 is 4.74 Å². The Bertz CT molecular complexity index is 614. The Balaban J connectivity index is 1.85. The molecule has 6 heteroatoms. The molecule has 0 bridgehead atoms. The number of hydrogen-bond acceptors (Lipinski definition) is 3. The monoisotopic (exact) mass is 311 g/mol. The summed E-state index contributed by atoms with van der Waals surface area (Å²) in [5.74, 6) is 0.899. The van der Waals surface area contributed by atoms with Gasteiger partial charge in [-0.05, 0) is 24.6 Å². The van der Waals surface area contributed by atoms with Gasteiger partial charge in [0.2, 0.25) is 0 Å². The molecule has 0 spiro atoms. The molecule has 2 atom stereocenters. The molecule has 2 N–H and O–H groups in total. The standard InChI is InChI=1S/C14H15Cl2N3O/c1-20-9-5-12(17-6-9)14-18-7-13(19-14)10-4-8(15)2-3-11(10)16/h2-4,7,9,12,17H,5-6H2,1H3,(H,18,19). The second kappa shape index (κ2) is 5.74. The highest BCUT2D eigenvalue weighted by molar-refractivity contribution is 6.35. The normalized spacial score (nSPS) is 22.4. The smallest absolute Gasteiger partial charge is 0.123 e. The maximum absolute atomic E-state index is 6.20. The zero-order chi connectivity index (χ0) is 14.1. The number of nitrogens with zero attached hydrogens (tertiary/aromatic N) is 1. The van der Waals surface area contributed by atoms with Crippen LogP contribution in [0.25, 0.3) is 11.3 Å². The highest BCUT2D eigenvalue weighted by Crippen LogP contribution is 2.31. The average molecular weight is 312 g/mol. The molecule has 1 aromatic carbocycles. The lowest BCUT2D eigenvalue weighted by atomic mass is 10.1. The van der Waals surface area contributed by atoms with Crippen LogP contribution in [0.5, 0.6) is 0 Å². The number of methoxy groups -OCH3 is 1. The van der Waals surface area contributed by atoms with Crippen molar-refractivity contribution in [3.8, 4) is 11.3 Å². The number of aromatic amines is 1. The van der Waals surface area contributed by atoms with Crippen LogP contribution in [0.3, 0.4) is 0 Å². The summed E-state index contributed by atoms with van der Waals surface area (Å²) < 4.78 is 5.35. The third-order valence-corrected chi connectivity index (χ3v) is 4.13. The minimum absolute atomic E-state index is 0.187. The second-order valence-electron chi connectivity index (χ2n) is 4.86. The Morgan fingerprint density at radius 3 is 2.95 bits per heavy atom. The first-order valence-corrected chi connectivity index (χ1v) is 7.19. The molecular weight excluding hydrogens is 297 g/mol. The van der Waals surface area contributed by atoms with Crippen LogP contribution in [0.4, 0.5) is 0 Å². The second-order valence-corrected chi connectivity index (χ2v) is 5.70. The number of benzene rings is 1. The van der Waals surface area contributed by atoms with Crippen molar-refractivity contribution in [1.29, 1.82) is 0 Å². The number of ether oxygens (including phenoxy) is 1. The van der Waals surface area contributed by atoms with Crippen LogP contribution < -0.4 is 5.32 Å². The van der Waals surface area contributed by atoms with Gasteiger partial charge in [-0.1, -0.05) is 23.2 Å². The van der Waals surface area contributed by atoms with Crippen molar-refractivity contribution in [2.24, 2.45) is 0 Å². The third-order valence-electron chi connectivity index (χ3n) is 3.57. The highest BCUT2D eigenvalue weighted by atomic mass is 35.5. The summed E-state index contributed by atoms with van der Waals surface area (Å²) in [6, 6.07) is 5.58. The van der Waals surface area contributed by atoms with Gasteiger partial charge in [0.05, 0.1) is 29.1 Å². The fourth-order valence-corrected chi connectivity index (χ4v) is 2.84. The van der Waals surface area contributed by atoms with E-state index in [4.69, 9.17) is 27.9 Å². The number of rotatable bonds is 3. The molecule has 0 radical (unpaired) electrons. The molecule has 106 valence electrons. The molecule has 2 aromatic rings. The van der Waals surface area contributed by atoms with Crippen molar-refractivity contribution in [3.05, 3.63) is 40.3 Å². The Kier molecular flexibility index (Phi) is 3.98. The van der Waals surface area contributed by atoms with Crippen LogP contribution >= 0.6 is 23.2 Å². The lowest BCUT2D eigenvalue weighted by Gasteiger charge is -2.07. The summed E-state index contributed by atoms with van der Waals surface area (Å²) in [5, 5.41) is 4.69. The average Bonchev–Trinajstić information content (AvgIpc) is 3.09. The number of imidazole rings is 1. The molecule has 2 unspecified atom stereocenters. The molecule has 1 aliphatic rings. The van der Waals surface area contributed by atoms with E-state index < -0.39 is 0 Å². The molecule has 0 saturated carbocycles. The molecule has 1 aromatic heterocycles. The largest absolute Gasteiger partial charge is 0.380 e. The number of H-pyrrole nitrogens is 1. The predicted octanol–water partition coefficient (Wildman–Crippen LogP) is 3.43. The van der Waals surface area contributed by atoms with Crippen LogP contribution in [0.2, 0.25) is 10.0 Å². The predicted molar refractivity (Wildman–Crippen MR) is 80.2 cm³/mol. The highest BCUT2D eigenvalue weighted by Gasteiger charge is 2.27. The van der Waals surface area contributed by atoms with Crippen molar-refractivity contribution in [2.45, 2.75) is 18.6 Å². The van der Waals surface area contributed by atoms with Gasteiger partial charge in [-0.25, -0.2) is 4.98 Å². The topological polar surface area (TPSA) is 49.9 Å². The molecule has 20 heavy (non-hydrogen) atoms. The van der Waals surface area contributed by atoms with E-state index in [1.54, 1.807) is 25.4 Å². The van der Waals surface area contributed by atoms with Gasteiger partial charge in [0.25, 0.3) is 0 Å². The van der Waals surface area contributed by atoms with Crippen LogP contribution in [0, 0.1) is 0 Å². The minimum Gasteiger partial charge on any atom is -0.380 e. The Morgan fingerprint density at radius 2 is 2.20 bits per heavy atom. The SMILES string of the molecule is COC1CNC(c2ncc(-c3cc(Cl)ccc3Cl)[nH]2)C1. The zero-order valence-corrected chi connectivity index (χ0v) is 12.5. The molecule has 3 rings (SSSR count). The zero-order valence-electron chi connectivity index (χ0n) is 11.0. The quantitative estimate of drug-likeness (QED) is 0.913. The van der Waals surface area contributed by atoms with Crippen molar-refractivity contribution in [2.75, 3.05) is 13.7 Å². The van der Waals surface area contributed by atoms with Gasteiger partial charge in [-0.15, -0.1) is 0 Å². The van der Waals surface area contributed by atoms with E-state index in [0.29, 0.717) is 10.0 Å². The number of aromatic nitrogens is 2. The molecule has 0 amide bonds. The van der Waals surface area contributed by atoms with Gasteiger partial charge in [0, 0.05) is 24.2 Å². The maximum atomic E-state index is 6.20. The van der Waals surface area contributed by atoms with Crippen LogP contribution in [0.15, 0.2) is 24.4 Å². The van der Waals surface area contributed by atoms with E-state index in [0.717, 1.165) is 30.0 Å². The summed E-state index contributed by atoms with van der Waals surface area (Å²) in [5.41, 5.74) is 1.73. The molecule has 4 nitrogen and oxygen atoms in total. The summed E-state index contributed by atoms with van der Waals surface area (Å²) >= 11 is 12.2. The van der Waals surface area contributed by atoms with E-state index in [2.05, 4.69) is 15.3 Å². The maximum Gasteiger partial charge on any atom is 0.123 e. The Morgan fingerprint density at radius 1 is 1.35 bits per heavy atom. The molecule has 1 saturated heterocycles. The summed E-state index contributed by atoms with van der Waals surface area (Å²) in [7, 11) is 1.73. The lowest BCUT2D eigenvalue weighted by molar-refractivity contribution is 0.117. The van der Waals surface area contributed by atoms with Gasteiger partial charge >= 0.3 is 0 Å². The van der Waals surface area contributed by atoms with Crippen molar-refractivity contribution in [1.82, 2.24) is 15.3 Å². The number of nitrogens with one attached hydrogen (secondary N) is 2. The first-order valence-electron chi connectivity index (χ1n) is 6.44. The third kappa shape index (κ3) is 2.69. The first-order chi connectivity index (χ1) is 9.67. The fraction of sp³-hybridized carbons (Fsp3) is 0.357. The van der Waals surface area contributed by atoms with Crippen LogP contribution in [0.1, 0.15) is 18.3 Å². The van der Waals surface area contributed by atoms with E-state index in [1.807, 2.05) is 6.07 Å². The van der Waals surface area contributed by atoms with E-state index in [1.165, 1.54) is 0 Å². The van der Waals surface area contributed by atoms with Crippen LogP contribution in [-0.4, -0.2) is 29.7 Å². The van der Waals surface area contributed by atoms with Gasteiger partial charge in [-0.2, -0.15) is 0 Å².